The normalized spacial score (nSPS) is 20.3. The van der Waals surface area contributed by atoms with Crippen LogP contribution in [0.15, 0.2) is 0 Å². The number of hydrogen-bond acceptors (Lipinski definition) is 4. The van der Waals surface area contributed by atoms with Crippen molar-refractivity contribution in [2.24, 2.45) is 11.3 Å². The Morgan fingerprint density at radius 1 is 1.50 bits per heavy atom. The molecule has 0 spiro atoms. The third-order valence-electron chi connectivity index (χ3n) is 2.71. The summed E-state index contributed by atoms with van der Waals surface area (Å²) in [6.45, 7) is 3.62. The number of carbonyl (C=O) groups excluding carboxylic acids is 3. The highest BCUT2D eigenvalue weighted by molar-refractivity contribution is 6.04. The van der Waals surface area contributed by atoms with Crippen molar-refractivity contribution >= 4 is 17.8 Å². The van der Waals surface area contributed by atoms with Crippen LogP contribution in [0.3, 0.4) is 0 Å². The van der Waals surface area contributed by atoms with Gasteiger partial charge in [-0.05, 0) is 11.8 Å². The molecule has 5 N–H and O–H groups in total. The van der Waals surface area contributed by atoms with E-state index in [4.69, 9.17) is 5.84 Å². The van der Waals surface area contributed by atoms with Crippen molar-refractivity contribution in [1.29, 1.82) is 0 Å². The van der Waals surface area contributed by atoms with Gasteiger partial charge in [0.05, 0.1) is 0 Å². The molecule has 0 radical (unpaired) electrons. The standard InChI is InChI=1S/C9H16N4O3/c1-9(2,4-3-5(14)13-10)6-7(15)12-8(16)11-6/h6H,3-4,10H2,1-2H3,(H,13,14)(H2,11,12,15,16). The first-order valence-corrected chi connectivity index (χ1v) is 4.97. The number of imide groups is 1. The zero-order chi connectivity index (χ0) is 12.3. The minimum atomic E-state index is -0.606. The van der Waals surface area contributed by atoms with Crippen LogP contribution in [0, 0.1) is 5.41 Å². The third-order valence-corrected chi connectivity index (χ3v) is 2.71. The van der Waals surface area contributed by atoms with Crippen molar-refractivity contribution in [2.45, 2.75) is 32.7 Å². The van der Waals surface area contributed by atoms with Crippen molar-refractivity contribution in [3.8, 4) is 0 Å². The highest BCUT2D eigenvalue weighted by atomic mass is 16.2. The van der Waals surface area contributed by atoms with E-state index in [1.807, 2.05) is 19.3 Å². The van der Waals surface area contributed by atoms with Gasteiger partial charge in [0.15, 0.2) is 0 Å². The van der Waals surface area contributed by atoms with Crippen LogP contribution >= 0.6 is 0 Å². The molecule has 7 nitrogen and oxygen atoms in total. The van der Waals surface area contributed by atoms with Crippen LogP contribution in [-0.2, 0) is 9.59 Å². The highest BCUT2D eigenvalue weighted by Crippen LogP contribution is 2.28. The summed E-state index contributed by atoms with van der Waals surface area (Å²) in [6.07, 6.45) is 0.664. The predicted octanol–water partition coefficient (Wildman–Crippen LogP) is -1.01. The number of nitrogens with one attached hydrogen (secondary N) is 3. The van der Waals surface area contributed by atoms with Crippen LogP contribution in [-0.4, -0.2) is 23.9 Å². The second-order valence-corrected chi connectivity index (χ2v) is 4.45. The molecular weight excluding hydrogens is 212 g/mol. The third kappa shape index (κ3) is 2.69. The average Bonchev–Trinajstić information content (AvgIpc) is 2.55. The Kier molecular flexibility index (Phi) is 3.48. The Bertz CT molecular complexity index is 327. The number of carbonyl (C=O) groups is 3. The van der Waals surface area contributed by atoms with Gasteiger partial charge in [0.25, 0.3) is 5.91 Å². The fourth-order valence-corrected chi connectivity index (χ4v) is 1.62. The average molecular weight is 228 g/mol. The van der Waals surface area contributed by atoms with E-state index in [1.165, 1.54) is 0 Å². The summed E-state index contributed by atoms with van der Waals surface area (Å²) < 4.78 is 0. The molecule has 0 aliphatic carbocycles. The summed E-state index contributed by atoms with van der Waals surface area (Å²) in [6, 6.07) is -1.10. The Morgan fingerprint density at radius 3 is 2.56 bits per heavy atom. The molecule has 1 fully saturated rings. The van der Waals surface area contributed by atoms with Gasteiger partial charge in [0.1, 0.15) is 6.04 Å². The largest absolute Gasteiger partial charge is 0.325 e. The Morgan fingerprint density at radius 2 is 2.12 bits per heavy atom. The predicted molar refractivity (Wildman–Crippen MR) is 55.8 cm³/mol. The van der Waals surface area contributed by atoms with Gasteiger partial charge in [-0.2, -0.15) is 0 Å². The van der Waals surface area contributed by atoms with Gasteiger partial charge in [-0.25, -0.2) is 10.6 Å². The summed E-state index contributed by atoms with van der Waals surface area (Å²) in [5.41, 5.74) is 1.52. The van der Waals surface area contributed by atoms with Crippen molar-refractivity contribution in [3.63, 3.8) is 0 Å². The van der Waals surface area contributed by atoms with Gasteiger partial charge in [-0.1, -0.05) is 13.8 Å². The zero-order valence-corrected chi connectivity index (χ0v) is 9.29. The van der Waals surface area contributed by atoms with E-state index in [0.29, 0.717) is 6.42 Å². The monoisotopic (exact) mass is 228 g/mol. The maximum absolute atomic E-state index is 11.4. The molecule has 1 rings (SSSR count). The first kappa shape index (κ1) is 12.4. The van der Waals surface area contributed by atoms with E-state index < -0.39 is 17.5 Å². The fraction of sp³-hybridized carbons (Fsp3) is 0.667. The van der Waals surface area contributed by atoms with Crippen LogP contribution in [0.25, 0.3) is 0 Å². The molecule has 1 unspecified atom stereocenters. The number of hydrazine groups is 1. The second-order valence-electron chi connectivity index (χ2n) is 4.45. The maximum Gasteiger partial charge on any atom is 0.322 e. The van der Waals surface area contributed by atoms with Gasteiger partial charge in [-0.15, -0.1) is 0 Å². The molecule has 1 saturated heterocycles. The Balaban J connectivity index is 2.59. The van der Waals surface area contributed by atoms with Crippen molar-refractivity contribution < 1.29 is 14.4 Å². The SMILES string of the molecule is CC(C)(CCC(=O)NN)C1NC(=O)NC1=O. The summed E-state index contributed by atoms with van der Waals surface area (Å²) in [4.78, 5) is 33.4. The van der Waals surface area contributed by atoms with E-state index in [2.05, 4.69) is 10.6 Å². The molecule has 90 valence electrons. The van der Waals surface area contributed by atoms with Crippen LogP contribution in [0.2, 0.25) is 0 Å². The number of nitrogens with two attached hydrogens (primary N) is 1. The van der Waals surface area contributed by atoms with Gasteiger partial charge >= 0.3 is 6.03 Å². The van der Waals surface area contributed by atoms with Crippen molar-refractivity contribution in [2.75, 3.05) is 0 Å². The molecule has 0 bridgehead atoms. The molecule has 16 heavy (non-hydrogen) atoms. The molecule has 0 aromatic rings. The van der Waals surface area contributed by atoms with Crippen LogP contribution in [0.5, 0.6) is 0 Å². The lowest BCUT2D eigenvalue weighted by Gasteiger charge is -2.28. The lowest BCUT2D eigenvalue weighted by Crippen LogP contribution is -2.43. The smallest absolute Gasteiger partial charge is 0.322 e. The molecule has 4 amide bonds. The number of urea groups is 1. The highest BCUT2D eigenvalue weighted by Gasteiger charge is 2.41. The summed E-state index contributed by atoms with van der Waals surface area (Å²) in [5, 5.41) is 4.68. The van der Waals surface area contributed by atoms with Crippen LogP contribution in [0.1, 0.15) is 26.7 Å². The van der Waals surface area contributed by atoms with Gasteiger partial charge in [0, 0.05) is 6.42 Å². The molecular formula is C9H16N4O3. The van der Waals surface area contributed by atoms with E-state index in [1.54, 1.807) is 0 Å². The summed E-state index contributed by atoms with van der Waals surface area (Å²) in [5.74, 6) is 4.30. The minimum absolute atomic E-state index is 0.211. The first-order valence-electron chi connectivity index (χ1n) is 4.97. The molecule has 0 aromatic heterocycles. The van der Waals surface area contributed by atoms with E-state index >= 15 is 0 Å². The maximum atomic E-state index is 11.4. The molecule has 0 saturated carbocycles. The van der Waals surface area contributed by atoms with E-state index in [0.717, 1.165) is 0 Å². The second kappa shape index (κ2) is 4.48. The van der Waals surface area contributed by atoms with Gasteiger partial charge in [0.2, 0.25) is 5.91 Å². The van der Waals surface area contributed by atoms with Crippen molar-refractivity contribution in [1.82, 2.24) is 16.1 Å². The van der Waals surface area contributed by atoms with Crippen molar-refractivity contribution in [3.05, 3.63) is 0 Å². The lowest BCUT2D eigenvalue weighted by molar-refractivity contribution is -0.125. The van der Waals surface area contributed by atoms with Gasteiger partial charge in [-0.3, -0.25) is 20.3 Å². The quantitative estimate of drug-likeness (QED) is 0.214. The summed E-state index contributed by atoms with van der Waals surface area (Å²) >= 11 is 0. The lowest BCUT2D eigenvalue weighted by atomic mass is 9.80. The molecule has 0 aromatic carbocycles. The minimum Gasteiger partial charge on any atom is -0.325 e. The van der Waals surface area contributed by atoms with E-state index in [-0.39, 0.29) is 18.2 Å². The van der Waals surface area contributed by atoms with Crippen LogP contribution in [0.4, 0.5) is 4.79 Å². The topological polar surface area (TPSA) is 113 Å². The van der Waals surface area contributed by atoms with E-state index in [9.17, 15) is 14.4 Å². The molecule has 1 aliphatic heterocycles. The number of rotatable bonds is 4. The molecule has 1 aliphatic rings. The zero-order valence-electron chi connectivity index (χ0n) is 9.29. The molecule has 1 heterocycles. The number of hydrogen-bond donors (Lipinski definition) is 4. The number of amides is 4. The molecule has 7 heteroatoms. The Labute approximate surface area is 93.1 Å². The fourth-order valence-electron chi connectivity index (χ4n) is 1.62. The Hall–Kier alpha value is -1.63. The summed E-state index contributed by atoms with van der Waals surface area (Å²) in [7, 11) is 0. The van der Waals surface area contributed by atoms with Crippen LogP contribution < -0.4 is 21.9 Å². The first-order chi connectivity index (χ1) is 7.36. The van der Waals surface area contributed by atoms with Gasteiger partial charge < -0.3 is 5.32 Å². The molecule has 1 atom stereocenters.